The number of urea groups is 1. The van der Waals surface area contributed by atoms with E-state index in [-0.39, 0.29) is 6.03 Å². The molecule has 0 radical (unpaired) electrons. The second-order valence-electron chi connectivity index (χ2n) is 8.11. The molecule has 34 heavy (non-hydrogen) atoms. The molecule has 0 saturated carbocycles. The van der Waals surface area contributed by atoms with E-state index >= 15 is 0 Å². The van der Waals surface area contributed by atoms with E-state index in [1.165, 1.54) is 0 Å². The molecule has 6 nitrogen and oxygen atoms in total. The van der Waals surface area contributed by atoms with Crippen LogP contribution in [0.5, 0.6) is 0 Å². The van der Waals surface area contributed by atoms with Crippen LogP contribution < -0.4 is 10.2 Å². The second kappa shape index (κ2) is 9.19. The molecule has 170 valence electrons. The van der Waals surface area contributed by atoms with E-state index in [9.17, 15) is 4.79 Å². The minimum absolute atomic E-state index is 0.202. The highest BCUT2D eigenvalue weighted by atomic mass is 32.2. The summed E-state index contributed by atoms with van der Waals surface area (Å²) in [5.41, 5.74) is 5.25. The van der Waals surface area contributed by atoms with Crippen LogP contribution in [0.1, 0.15) is 30.0 Å². The van der Waals surface area contributed by atoms with Crippen molar-refractivity contribution < 1.29 is 9.32 Å². The Hall–Kier alpha value is -3.84. The quantitative estimate of drug-likeness (QED) is 0.340. The van der Waals surface area contributed by atoms with Crippen LogP contribution in [0, 0.1) is 6.92 Å². The lowest BCUT2D eigenvalue weighted by molar-refractivity contribution is 0.244. The number of hydrogen-bond acceptors (Lipinski definition) is 5. The number of nitrogens with one attached hydrogen (secondary N) is 1. The van der Waals surface area contributed by atoms with Gasteiger partial charge in [0.05, 0.1) is 17.3 Å². The first-order valence-corrected chi connectivity index (χ1v) is 12.2. The Bertz CT molecular complexity index is 1350. The van der Waals surface area contributed by atoms with Crippen LogP contribution in [0.15, 0.2) is 94.0 Å². The summed E-state index contributed by atoms with van der Waals surface area (Å²) in [5.74, 6) is 0.888. The zero-order valence-corrected chi connectivity index (χ0v) is 20.0. The molecule has 1 aliphatic heterocycles. The number of benzene rings is 3. The first-order valence-electron chi connectivity index (χ1n) is 11.0. The van der Waals surface area contributed by atoms with E-state index in [0.717, 1.165) is 38.5 Å². The minimum Gasteiger partial charge on any atom is -0.334 e. The monoisotopic (exact) mass is 468 g/mol. The van der Waals surface area contributed by atoms with Gasteiger partial charge in [-0.15, -0.1) is 11.8 Å². The number of allylic oxidation sites excluding steroid dienone is 1. The van der Waals surface area contributed by atoms with Crippen molar-refractivity contribution in [3.05, 3.63) is 102 Å². The number of thioether (sulfide) groups is 1. The molecule has 4 aromatic rings. The molecule has 1 unspecified atom stereocenters. The van der Waals surface area contributed by atoms with Gasteiger partial charge in [-0.25, -0.2) is 4.79 Å². The zero-order valence-electron chi connectivity index (χ0n) is 19.1. The summed E-state index contributed by atoms with van der Waals surface area (Å²) in [5, 5.41) is 7.38. The Morgan fingerprint density at radius 2 is 1.65 bits per heavy atom. The molecule has 3 aromatic carbocycles. The summed E-state index contributed by atoms with van der Waals surface area (Å²) in [4.78, 5) is 20.8. The smallest absolute Gasteiger partial charge is 0.326 e. The van der Waals surface area contributed by atoms with Gasteiger partial charge in [-0.05, 0) is 49.9 Å². The number of hydrogen-bond donors (Lipinski definition) is 1. The summed E-state index contributed by atoms with van der Waals surface area (Å²) in [6, 6.07) is 25.1. The Balaban J connectivity index is 1.64. The topological polar surface area (TPSA) is 71.3 Å². The standard InChI is InChI=1S/C27H24N4O2S/c1-17-9-11-19(12-10-17)24-23(26-29-25(30-33-26)20-7-5-4-6-8-20)18(2)31(27(32)28-24)21-13-15-22(34-3)16-14-21/h4-16,24H,1-3H3,(H,28,32). The Morgan fingerprint density at radius 1 is 0.941 bits per heavy atom. The third kappa shape index (κ3) is 4.10. The van der Waals surface area contributed by atoms with Crippen LogP contribution in [0.3, 0.4) is 0 Å². The largest absolute Gasteiger partial charge is 0.334 e. The molecular formula is C27H24N4O2S. The molecule has 0 saturated heterocycles. The van der Waals surface area contributed by atoms with E-state index in [1.54, 1.807) is 16.7 Å². The molecule has 1 atom stereocenters. The lowest BCUT2D eigenvalue weighted by atomic mass is 9.94. The molecule has 7 heteroatoms. The van der Waals surface area contributed by atoms with Gasteiger partial charge in [-0.1, -0.05) is 65.3 Å². The van der Waals surface area contributed by atoms with E-state index in [0.29, 0.717) is 11.7 Å². The van der Waals surface area contributed by atoms with Crippen molar-refractivity contribution in [1.82, 2.24) is 15.5 Å². The predicted molar refractivity (Wildman–Crippen MR) is 135 cm³/mol. The Kier molecular flexibility index (Phi) is 5.94. The predicted octanol–water partition coefficient (Wildman–Crippen LogP) is 6.47. The van der Waals surface area contributed by atoms with Gasteiger partial charge < -0.3 is 9.84 Å². The van der Waals surface area contributed by atoms with Gasteiger partial charge in [0.25, 0.3) is 5.89 Å². The lowest BCUT2D eigenvalue weighted by Crippen LogP contribution is -2.46. The summed E-state index contributed by atoms with van der Waals surface area (Å²) in [6.45, 7) is 3.96. The van der Waals surface area contributed by atoms with Crippen molar-refractivity contribution in [2.24, 2.45) is 0 Å². The molecule has 2 heterocycles. The van der Waals surface area contributed by atoms with Crippen LogP contribution in [0.25, 0.3) is 17.0 Å². The highest BCUT2D eigenvalue weighted by Gasteiger charge is 2.36. The average molecular weight is 469 g/mol. The van der Waals surface area contributed by atoms with Gasteiger partial charge in [-0.3, -0.25) is 4.90 Å². The average Bonchev–Trinajstić information content (AvgIpc) is 3.35. The SMILES string of the molecule is CSc1ccc(N2C(=O)NC(c3ccc(C)cc3)C(c3nc(-c4ccccc4)no3)=C2C)cc1. The van der Waals surface area contributed by atoms with Crippen molar-refractivity contribution in [2.75, 3.05) is 11.2 Å². The lowest BCUT2D eigenvalue weighted by Gasteiger charge is -2.35. The summed E-state index contributed by atoms with van der Waals surface area (Å²) >= 11 is 1.66. The minimum atomic E-state index is -0.418. The van der Waals surface area contributed by atoms with Gasteiger partial charge in [0, 0.05) is 16.2 Å². The molecule has 5 rings (SSSR count). The Labute approximate surface area is 202 Å². The maximum absolute atomic E-state index is 13.3. The second-order valence-corrected chi connectivity index (χ2v) is 8.99. The fourth-order valence-electron chi connectivity index (χ4n) is 4.11. The highest BCUT2D eigenvalue weighted by molar-refractivity contribution is 7.98. The molecular weight excluding hydrogens is 444 g/mol. The number of aryl methyl sites for hydroxylation is 1. The van der Waals surface area contributed by atoms with Crippen molar-refractivity contribution in [3.8, 4) is 11.4 Å². The first kappa shape index (κ1) is 22.0. The molecule has 0 spiro atoms. The van der Waals surface area contributed by atoms with Crippen LogP contribution in [-0.4, -0.2) is 22.4 Å². The number of carbonyl (C=O) groups excluding carboxylic acids is 1. The molecule has 1 aromatic heterocycles. The number of carbonyl (C=O) groups is 1. The van der Waals surface area contributed by atoms with Gasteiger partial charge in [-0.2, -0.15) is 4.98 Å². The summed E-state index contributed by atoms with van der Waals surface area (Å²) < 4.78 is 5.76. The van der Waals surface area contributed by atoms with Crippen molar-refractivity contribution in [3.63, 3.8) is 0 Å². The van der Waals surface area contributed by atoms with E-state index in [2.05, 4.69) is 10.5 Å². The number of anilines is 1. The zero-order chi connectivity index (χ0) is 23.7. The maximum atomic E-state index is 13.3. The first-order chi connectivity index (χ1) is 16.5. The molecule has 1 aliphatic rings. The Morgan fingerprint density at radius 3 is 2.32 bits per heavy atom. The summed E-state index contributed by atoms with van der Waals surface area (Å²) in [6.07, 6.45) is 2.03. The van der Waals surface area contributed by atoms with Gasteiger partial charge >= 0.3 is 6.03 Å². The molecule has 2 amide bonds. The number of aromatic nitrogens is 2. The van der Waals surface area contributed by atoms with Crippen LogP contribution in [0.2, 0.25) is 0 Å². The van der Waals surface area contributed by atoms with Crippen LogP contribution >= 0.6 is 11.8 Å². The van der Waals surface area contributed by atoms with Gasteiger partial charge in [0.1, 0.15) is 0 Å². The number of nitrogens with zero attached hydrogens (tertiary/aromatic N) is 3. The van der Waals surface area contributed by atoms with Crippen LogP contribution in [-0.2, 0) is 0 Å². The van der Waals surface area contributed by atoms with E-state index in [1.807, 2.05) is 99.0 Å². The van der Waals surface area contributed by atoms with Crippen molar-refractivity contribution in [1.29, 1.82) is 0 Å². The summed E-state index contributed by atoms with van der Waals surface area (Å²) in [7, 11) is 0. The highest BCUT2D eigenvalue weighted by Crippen LogP contribution is 2.39. The normalized spacial score (nSPS) is 16.0. The third-order valence-electron chi connectivity index (χ3n) is 5.91. The van der Waals surface area contributed by atoms with E-state index in [4.69, 9.17) is 9.51 Å². The van der Waals surface area contributed by atoms with Gasteiger partial charge in [0.15, 0.2) is 0 Å². The number of amides is 2. The maximum Gasteiger partial charge on any atom is 0.326 e. The van der Waals surface area contributed by atoms with Crippen molar-refractivity contribution in [2.45, 2.75) is 24.8 Å². The molecule has 0 aliphatic carbocycles. The third-order valence-corrected chi connectivity index (χ3v) is 6.66. The molecule has 1 N–H and O–H groups in total. The number of rotatable bonds is 5. The fraction of sp³-hybridized carbons (Fsp3) is 0.148. The van der Waals surface area contributed by atoms with Gasteiger partial charge in [0.2, 0.25) is 5.82 Å². The fourth-order valence-corrected chi connectivity index (χ4v) is 4.52. The molecule has 0 bridgehead atoms. The van der Waals surface area contributed by atoms with Crippen LogP contribution in [0.4, 0.5) is 10.5 Å². The van der Waals surface area contributed by atoms with E-state index < -0.39 is 6.04 Å². The van der Waals surface area contributed by atoms with Crippen molar-refractivity contribution >= 4 is 29.1 Å². The molecule has 0 fully saturated rings.